The Labute approximate surface area is 164 Å². The molecule has 1 aliphatic heterocycles. The van der Waals surface area contributed by atoms with Crippen LogP contribution in [0, 0.1) is 6.92 Å². The van der Waals surface area contributed by atoms with Crippen LogP contribution in [0.3, 0.4) is 0 Å². The van der Waals surface area contributed by atoms with E-state index in [9.17, 15) is 4.79 Å². The Morgan fingerprint density at radius 3 is 2.61 bits per heavy atom. The van der Waals surface area contributed by atoms with Gasteiger partial charge in [0.05, 0.1) is 5.56 Å². The highest BCUT2D eigenvalue weighted by molar-refractivity contribution is 5.97. The Hall–Kier alpha value is -3.15. The number of likely N-dealkylation sites (tertiary alicyclic amines) is 1. The Balaban J connectivity index is 1.45. The first-order chi connectivity index (χ1) is 13.7. The van der Waals surface area contributed by atoms with Crippen molar-refractivity contribution in [1.82, 2.24) is 15.0 Å². The summed E-state index contributed by atoms with van der Waals surface area (Å²) in [4.78, 5) is 19.1. The number of carbonyl (C=O) groups excluding carboxylic acids is 1. The summed E-state index contributed by atoms with van der Waals surface area (Å²) in [6.45, 7) is 3.75. The number of piperidine rings is 1. The van der Waals surface area contributed by atoms with Crippen LogP contribution in [-0.4, -0.2) is 34.0 Å². The van der Waals surface area contributed by atoms with Crippen LogP contribution in [0.15, 0.2) is 53.1 Å². The van der Waals surface area contributed by atoms with E-state index in [1.165, 1.54) is 12.0 Å². The molecule has 2 aromatic carbocycles. The number of benzene rings is 2. The lowest BCUT2D eigenvalue weighted by Gasteiger charge is -2.27. The fourth-order valence-electron chi connectivity index (χ4n) is 3.31. The van der Waals surface area contributed by atoms with E-state index in [-0.39, 0.29) is 12.5 Å². The highest BCUT2D eigenvalue weighted by Gasteiger charge is 2.21. The molecular formula is C22H23N3O3. The van der Waals surface area contributed by atoms with Gasteiger partial charge < -0.3 is 14.2 Å². The summed E-state index contributed by atoms with van der Waals surface area (Å²) in [5.74, 6) is 1.45. The van der Waals surface area contributed by atoms with Gasteiger partial charge in [-0.15, -0.1) is 0 Å². The molecule has 6 nitrogen and oxygen atoms in total. The molecule has 0 bridgehead atoms. The van der Waals surface area contributed by atoms with Crippen LogP contribution in [0.4, 0.5) is 0 Å². The molecule has 1 fully saturated rings. The molecule has 0 radical (unpaired) electrons. The van der Waals surface area contributed by atoms with Crippen molar-refractivity contribution in [3.05, 3.63) is 65.5 Å². The van der Waals surface area contributed by atoms with Gasteiger partial charge in [0.15, 0.2) is 6.61 Å². The van der Waals surface area contributed by atoms with Gasteiger partial charge in [0.2, 0.25) is 5.82 Å². The second-order valence-electron chi connectivity index (χ2n) is 7.02. The number of hydrogen-bond donors (Lipinski definition) is 0. The molecule has 0 aliphatic carbocycles. The van der Waals surface area contributed by atoms with Crippen molar-refractivity contribution in [2.45, 2.75) is 32.8 Å². The molecule has 6 heteroatoms. The standard InChI is InChI=1S/C22H23N3O3/c1-16-9-11-17(12-10-16)21-23-20(28-24-21)15-27-19-8-4-3-7-18(19)22(26)25-13-5-2-6-14-25/h3-4,7-12H,2,5-6,13-15H2,1H3. The number of carbonyl (C=O) groups is 1. The molecule has 0 saturated carbocycles. The van der Waals surface area contributed by atoms with Gasteiger partial charge in [-0.3, -0.25) is 4.79 Å². The van der Waals surface area contributed by atoms with E-state index in [0.717, 1.165) is 31.5 Å². The molecule has 0 spiro atoms. The lowest BCUT2D eigenvalue weighted by Crippen LogP contribution is -2.35. The Bertz CT molecular complexity index is 944. The first kappa shape index (κ1) is 18.2. The molecule has 1 saturated heterocycles. The Morgan fingerprint density at radius 1 is 1.07 bits per heavy atom. The smallest absolute Gasteiger partial charge is 0.264 e. The van der Waals surface area contributed by atoms with Gasteiger partial charge in [0.1, 0.15) is 5.75 Å². The third-order valence-electron chi connectivity index (χ3n) is 4.89. The topological polar surface area (TPSA) is 68.5 Å². The minimum absolute atomic E-state index is 0.0150. The fourth-order valence-corrected chi connectivity index (χ4v) is 3.31. The predicted molar refractivity (Wildman–Crippen MR) is 105 cm³/mol. The van der Waals surface area contributed by atoms with E-state index >= 15 is 0 Å². The van der Waals surface area contributed by atoms with Gasteiger partial charge in [-0.25, -0.2) is 0 Å². The number of ether oxygens (including phenoxy) is 1. The summed E-state index contributed by atoms with van der Waals surface area (Å²) >= 11 is 0. The van der Waals surface area contributed by atoms with E-state index < -0.39 is 0 Å². The lowest BCUT2D eigenvalue weighted by atomic mass is 10.1. The average molecular weight is 377 g/mol. The number of aromatic nitrogens is 2. The molecule has 3 aromatic rings. The van der Waals surface area contributed by atoms with Crippen LogP contribution in [0.2, 0.25) is 0 Å². The molecule has 1 amide bonds. The van der Waals surface area contributed by atoms with Gasteiger partial charge in [-0.1, -0.05) is 47.1 Å². The van der Waals surface area contributed by atoms with Gasteiger partial charge in [0.25, 0.3) is 11.8 Å². The first-order valence-corrected chi connectivity index (χ1v) is 9.61. The number of nitrogens with zero attached hydrogens (tertiary/aromatic N) is 3. The maximum absolute atomic E-state index is 12.8. The molecule has 0 N–H and O–H groups in total. The molecule has 1 aromatic heterocycles. The van der Waals surface area contributed by atoms with Crippen molar-refractivity contribution in [1.29, 1.82) is 0 Å². The summed E-state index contributed by atoms with van der Waals surface area (Å²) in [5, 5.41) is 4.02. The normalized spacial score (nSPS) is 14.1. The van der Waals surface area contributed by atoms with Gasteiger partial charge >= 0.3 is 0 Å². The maximum Gasteiger partial charge on any atom is 0.264 e. The van der Waals surface area contributed by atoms with E-state index in [1.54, 1.807) is 12.1 Å². The largest absolute Gasteiger partial charge is 0.483 e. The summed E-state index contributed by atoms with van der Waals surface area (Å²) < 4.78 is 11.2. The van der Waals surface area contributed by atoms with E-state index in [4.69, 9.17) is 9.26 Å². The second-order valence-corrected chi connectivity index (χ2v) is 7.02. The molecule has 4 rings (SSSR count). The van der Waals surface area contributed by atoms with Gasteiger partial charge in [0, 0.05) is 18.7 Å². The van der Waals surface area contributed by atoms with Crippen molar-refractivity contribution in [3.63, 3.8) is 0 Å². The van der Waals surface area contributed by atoms with Crippen LogP contribution in [-0.2, 0) is 6.61 Å². The van der Waals surface area contributed by atoms with Crippen LogP contribution >= 0.6 is 0 Å². The molecule has 2 heterocycles. The van der Waals surface area contributed by atoms with Crippen LogP contribution < -0.4 is 4.74 Å². The maximum atomic E-state index is 12.8. The van der Waals surface area contributed by atoms with Crippen LogP contribution in [0.1, 0.15) is 41.1 Å². The number of hydrogen-bond acceptors (Lipinski definition) is 5. The molecule has 144 valence electrons. The van der Waals surface area contributed by atoms with Crippen LogP contribution in [0.25, 0.3) is 11.4 Å². The third-order valence-corrected chi connectivity index (χ3v) is 4.89. The highest BCUT2D eigenvalue weighted by Crippen LogP contribution is 2.23. The first-order valence-electron chi connectivity index (χ1n) is 9.61. The van der Waals surface area contributed by atoms with E-state index in [2.05, 4.69) is 10.1 Å². The van der Waals surface area contributed by atoms with Crippen molar-refractivity contribution in [2.75, 3.05) is 13.1 Å². The second kappa shape index (κ2) is 8.25. The number of para-hydroxylation sites is 1. The number of amides is 1. The van der Waals surface area contributed by atoms with E-state index in [0.29, 0.717) is 23.0 Å². The van der Waals surface area contributed by atoms with Crippen molar-refractivity contribution in [3.8, 4) is 17.1 Å². The van der Waals surface area contributed by atoms with Gasteiger partial charge in [-0.2, -0.15) is 4.98 Å². The summed E-state index contributed by atoms with van der Waals surface area (Å²) in [6.07, 6.45) is 3.29. The van der Waals surface area contributed by atoms with Crippen molar-refractivity contribution in [2.24, 2.45) is 0 Å². The molecule has 1 aliphatic rings. The highest BCUT2D eigenvalue weighted by atomic mass is 16.5. The van der Waals surface area contributed by atoms with Gasteiger partial charge in [-0.05, 0) is 38.3 Å². The van der Waals surface area contributed by atoms with E-state index in [1.807, 2.05) is 48.2 Å². The molecular weight excluding hydrogens is 354 g/mol. The Morgan fingerprint density at radius 2 is 1.82 bits per heavy atom. The summed E-state index contributed by atoms with van der Waals surface area (Å²) in [7, 11) is 0. The number of rotatable bonds is 5. The predicted octanol–water partition coefficient (Wildman–Crippen LogP) is 4.25. The van der Waals surface area contributed by atoms with Crippen molar-refractivity contribution >= 4 is 5.91 Å². The quantitative estimate of drug-likeness (QED) is 0.665. The average Bonchev–Trinajstić information content (AvgIpc) is 3.22. The zero-order valence-corrected chi connectivity index (χ0v) is 15.9. The minimum Gasteiger partial charge on any atom is -0.483 e. The molecule has 0 unspecified atom stereocenters. The Kier molecular flexibility index (Phi) is 5.37. The zero-order chi connectivity index (χ0) is 19.3. The third kappa shape index (κ3) is 4.06. The SMILES string of the molecule is Cc1ccc(-c2noc(COc3ccccc3C(=O)N3CCCCC3)n2)cc1. The van der Waals surface area contributed by atoms with Crippen molar-refractivity contribution < 1.29 is 14.1 Å². The summed E-state index contributed by atoms with van der Waals surface area (Å²) in [5.41, 5.74) is 2.63. The molecule has 0 atom stereocenters. The minimum atomic E-state index is 0.0150. The lowest BCUT2D eigenvalue weighted by molar-refractivity contribution is 0.0718. The fraction of sp³-hybridized carbons (Fsp3) is 0.318. The molecule has 28 heavy (non-hydrogen) atoms. The monoisotopic (exact) mass is 377 g/mol. The van der Waals surface area contributed by atoms with Crippen LogP contribution in [0.5, 0.6) is 5.75 Å². The number of aryl methyl sites for hydroxylation is 1. The summed E-state index contributed by atoms with van der Waals surface area (Å²) in [6, 6.07) is 15.2. The zero-order valence-electron chi connectivity index (χ0n) is 15.9.